The molecule has 1 unspecified atom stereocenters. The molecule has 0 aliphatic carbocycles. The summed E-state index contributed by atoms with van der Waals surface area (Å²) in [6.45, 7) is 1.86. The third-order valence-electron chi connectivity index (χ3n) is 5.04. The first kappa shape index (κ1) is 20.3. The number of rotatable bonds is 9. The van der Waals surface area contributed by atoms with Gasteiger partial charge in [0.05, 0.1) is 18.6 Å². The van der Waals surface area contributed by atoms with E-state index in [1.54, 1.807) is 0 Å². The Hall–Kier alpha value is -2.44. The molecule has 1 aliphatic heterocycles. The van der Waals surface area contributed by atoms with Crippen LogP contribution in [0.2, 0.25) is 0 Å². The second kappa shape index (κ2) is 10.2. The Bertz CT molecular complexity index is 800. The lowest BCUT2D eigenvalue weighted by molar-refractivity contribution is -0.141. The van der Waals surface area contributed by atoms with Gasteiger partial charge in [-0.3, -0.25) is 9.59 Å². The molecular formula is C22H27NO5. The van der Waals surface area contributed by atoms with Crippen LogP contribution in [-0.4, -0.2) is 49.5 Å². The van der Waals surface area contributed by atoms with Crippen LogP contribution in [-0.2, 0) is 25.5 Å². The van der Waals surface area contributed by atoms with Crippen LogP contribution in [0.4, 0.5) is 0 Å². The van der Waals surface area contributed by atoms with Crippen molar-refractivity contribution >= 4 is 22.6 Å². The highest BCUT2D eigenvalue weighted by atomic mass is 16.5. The number of carbonyl (C=O) groups is 2. The number of carboxylic acid groups (broad SMARTS) is 1. The number of fused-ring (bicyclic) bond motifs is 1. The summed E-state index contributed by atoms with van der Waals surface area (Å²) in [4.78, 5) is 23.6. The SMILES string of the molecule is O=C(CCOC1CCOCC1)NCC(Cc1ccc2ccccc2c1)C(=O)O. The van der Waals surface area contributed by atoms with Gasteiger partial charge in [0.2, 0.25) is 5.91 Å². The second-order valence-corrected chi connectivity index (χ2v) is 7.16. The van der Waals surface area contributed by atoms with Gasteiger partial charge in [-0.15, -0.1) is 0 Å². The normalized spacial score (nSPS) is 16.0. The van der Waals surface area contributed by atoms with Crippen molar-refractivity contribution in [3.05, 3.63) is 48.0 Å². The van der Waals surface area contributed by atoms with Crippen molar-refractivity contribution in [3.8, 4) is 0 Å². The number of benzene rings is 2. The molecule has 2 aromatic carbocycles. The van der Waals surface area contributed by atoms with Crippen LogP contribution < -0.4 is 5.32 Å². The Morgan fingerprint density at radius 3 is 2.64 bits per heavy atom. The van der Waals surface area contributed by atoms with Crippen LogP contribution in [0.1, 0.15) is 24.8 Å². The Labute approximate surface area is 164 Å². The molecule has 1 fully saturated rings. The second-order valence-electron chi connectivity index (χ2n) is 7.16. The number of carboxylic acids is 1. The first-order valence-corrected chi connectivity index (χ1v) is 9.78. The van der Waals surface area contributed by atoms with Crippen LogP contribution in [0.15, 0.2) is 42.5 Å². The average molecular weight is 385 g/mol. The Morgan fingerprint density at radius 1 is 1.14 bits per heavy atom. The predicted molar refractivity (Wildman–Crippen MR) is 106 cm³/mol. The maximum atomic E-state index is 12.0. The molecule has 2 N–H and O–H groups in total. The zero-order valence-electron chi connectivity index (χ0n) is 15.9. The van der Waals surface area contributed by atoms with E-state index >= 15 is 0 Å². The molecule has 6 nitrogen and oxygen atoms in total. The molecule has 3 rings (SSSR count). The minimum absolute atomic E-state index is 0.109. The quantitative estimate of drug-likeness (QED) is 0.693. The molecule has 0 radical (unpaired) electrons. The summed E-state index contributed by atoms with van der Waals surface area (Å²) < 4.78 is 11.0. The topological polar surface area (TPSA) is 84.9 Å². The fraction of sp³-hybridized carbons (Fsp3) is 0.455. The van der Waals surface area contributed by atoms with Gasteiger partial charge in [-0.25, -0.2) is 0 Å². The molecule has 28 heavy (non-hydrogen) atoms. The maximum absolute atomic E-state index is 12.0. The molecule has 0 aromatic heterocycles. The zero-order chi connectivity index (χ0) is 19.8. The van der Waals surface area contributed by atoms with Crippen molar-refractivity contribution in [2.75, 3.05) is 26.4 Å². The van der Waals surface area contributed by atoms with E-state index < -0.39 is 11.9 Å². The molecule has 1 atom stereocenters. The third-order valence-corrected chi connectivity index (χ3v) is 5.04. The van der Waals surface area contributed by atoms with Crippen molar-refractivity contribution in [1.82, 2.24) is 5.32 Å². The molecule has 2 aromatic rings. The zero-order valence-corrected chi connectivity index (χ0v) is 15.9. The van der Waals surface area contributed by atoms with E-state index in [9.17, 15) is 14.7 Å². The molecule has 6 heteroatoms. The van der Waals surface area contributed by atoms with Crippen molar-refractivity contribution in [1.29, 1.82) is 0 Å². The first-order valence-electron chi connectivity index (χ1n) is 9.78. The molecule has 1 heterocycles. The summed E-state index contributed by atoms with van der Waals surface area (Å²) in [5, 5.41) is 14.5. The standard InChI is InChI=1S/C22H27NO5/c24-21(9-12-28-20-7-10-27-11-8-20)23-15-19(22(25)26)14-16-5-6-17-3-1-2-4-18(17)13-16/h1-6,13,19-20H,7-12,14-15H2,(H,23,24)(H,25,26). The lowest BCUT2D eigenvalue weighted by Gasteiger charge is -2.22. The van der Waals surface area contributed by atoms with Gasteiger partial charge in [0.15, 0.2) is 0 Å². The van der Waals surface area contributed by atoms with E-state index in [2.05, 4.69) is 5.32 Å². The molecule has 1 amide bonds. The average Bonchev–Trinajstić information content (AvgIpc) is 2.71. The predicted octanol–water partition coefficient (Wildman–Crippen LogP) is 2.79. The summed E-state index contributed by atoms with van der Waals surface area (Å²) in [6.07, 6.45) is 2.47. The summed E-state index contributed by atoms with van der Waals surface area (Å²) in [5.41, 5.74) is 0.947. The highest BCUT2D eigenvalue weighted by molar-refractivity contribution is 5.83. The van der Waals surface area contributed by atoms with Gasteiger partial charge in [0.1, 0.15) is 0 Å². The number of nitrogens with one attached hydrogen (secondary N) is 1. The van der Waals surface area contributed by atoms with Crippen molar-refractivity contribution in [2.45, 2.75) is 31.8 Å². The van der Waals surface area contributed by atoms with E-state index in [4.69, 9.17) is 9.47 Å². The third kappa shape index (κ3) is 6.04. The lowest BCUT2D eigenvalue weighted by atomic mass is 9.97. The van der Waals surface area contributed by atoms with E-state index in [1.807, 2.05) is 42.5 Å². The van der Waals surface area contributed by atoms with Gasteiger partial charge in [-0.05, 0) is 35.6 Å². The molecule has 0 saturated carbocycles. The van der Waals surface area contributed by atoms with Crippen LogP contribution >= 0.6 is 0 Å². The van der Waals surface area contributed by atoms with Crippen LogP contribution in [0.5, 0.6) is 0 Å². The number of ether oxygens (including phenoxy) is 2. The van der Waals surface area contributed by atoms with Crippen molar-refractivity contribution in [2.24, 2.45) is 5.92 Å². The van der Waals surface area contributed by atoms with Gasteiger partial charge in [0, 0.05) is 26.2 Å². The lowest BCUT2D eigenvalue weighted by Crippen LogP contribution is -2.35. The molecular weight excluding hydrogens is 358 g/mol. The Kier molecular flexibility index (Phi) is 7.39. The maximum Gasteiger partial charge on any atom is 0.308 e. The highest BCUT2D eigenvalue weighted by Gasteiger charge is 2.20. The van der Waals surface area contributed by atoms with E-state index in [1.165, 1.54) is 0 Å². The van der Waals surface area contributed by atoms with Crippen molar-refractivity contribution < 1.29 is 24.2 Å². The van der Waals surface area contributed by atoms with E-state index in [-0.39, 0.29) is 25.0 Å². The van der Waals surface area contributed by atoms with Crippen LogP contribution in [0.3, 0.4) is 0 Å². The summed E-state index contributed by atoms with van der Waals surface area (Å²) in [5.74, 6) is -1.76. The van der Waals surface area contributed by atoms with Crippen molar-refractivity contribution in [3.63, 3.8) is 0 Å². The fourth-order valence-electron chi connectivity index (χ4n) is 3.38. The number of hydrogen-bond donors (Lipinski definition) is 2. The summed E-state index contributed by atoms with van der Waals surface area (Å²) in [6, 6.07) is 13.9. The Morgan fingerprint density at radius 2 is 1.89 bits per heavy atom. The highest BCUT2D eigenvalue weighted by Crippen LogP contribution is 2.18. The number of carbonyl (C=O) groups excluding carboxylic acids is 1. The minimum atomic E-state index is -0.910. The summed E-state index contributed by atoms with van der Waals surface area (Å²) >= 11 is 0. The largest absolute Gasteiger partial charge is 0.481 e. The smallest absolute Gasteiger partial charge is 0.308 e. The number of hydrogen-bond acceptors (Lipinski definition) is 4. The van der Waals surface area contributed by atoms with Crippen LogP contribution in [0.25, 0.3) is 10.8 Å². The monoisotopic (exact) mass is 385 g/mol. The van der Waals surface area contributed by atoms with Gasteiger partial charge in [-0.1, -0.05) is 42.5 Å². The summed E-state index contributed by atoms with van der Waals surface area (Å²) in [7, 11) is 0. The van der Waals surface area contributed by atoms with E-state index in [0.29, 0.717) is 26.2 Å². The molecule has 1 aliphatic rings. The first-order chi connectivity index (χ1) is 13.6. The molecule has 0 bridgehead atoms. The van der Waals surface area contributed by atoms with Crippen LogP contribution in [0, 0.1) is 5.92 Å². The Balaban J connectivity index is 1.45. The van der Waals surface area contributed by atoms with E-state index in [0.717, 1.165) is 29.2 Å². The number of aliphatic carboxylic acids is 1. The van der Waals surface area contributed by atoms with Gasteiger partial charge in [0.25, 0.3) is 0 Å². The minimum Gasteiger partial charge on any atom is -0.481 e. The van der Waals surface area contributed by atoms with Gasteiger partial charge < -0.3 is 19.9 Å². The molecule has 150 valence electrons. The van der Waals surface area contributed by atoms with Gasteiger partial charge >= 0.3 is 5.97 Å². The van der Waals surface area contributed by atoms with Gasteiger partial charge in [-0.2, -0.15) is 0 Å². The number of amides is 1. The molecule has 0 spiro atoms. The molecule has 1 saturated heterocycles. The fourth-order valence-corrected chi connectivity index (χ4v) is 3.38.